The minimum absolute atomic E-state index is 0.243. The van der Waals surface area contributed by atoms with Crippen LogP contribution in [0.2, 0.25) is 0 Å². The zero-order chi connectivity index (χ0) is 21.8. The minimum atomic E-state index is 0.243. The van der Waals surface area contributed by atoms with E-state index < -0.39 is 0 Å². The predicted molar refractivity (Wildman–Crippen MR) is 118 cm³/mol. The molecule has 1 fully saturated rings. The first-order chi connectivity index (χ1) is 15.1. The Labute approximate surface area is 180 Å². The third-order valence-corrected chi connectivity index (χ3v) is 5.33. The Hall–Kier alpha value is -3.56. The van der Waals surface area contributed by atoms with Crippen LogP contribution in [0.3, 0.4) is 0 Å². The van der Waals surface area contributed by atoms with Gasteiger partial charge in [-0.3, -0.25) is 9.48 Å². The van der Waals surface area contributed by atoms with Crippen molar-refractivity contribution in [1.82, 2.24) is 24.6 Å². The molecule has 1 aliphatic rings. The molecule has 1 saturated heterocycles. The van der Waals surface area contributed by atoms with E-state index in [0.717, 1.165) is 42.7 Å². The molecule has 10 nitrogen and oxygen atoms in total. The molecule has 0 aliphatic carbocycles. The van der Waals surface area contributed by atoms with Crippen molar-refractivity contribution in [3.8, 4) is 11.5 Å². The summed E-state index contributed by atoms with van der Waals surface area (Å²) in [6.07, 6.45) is 4.15. The average Bonchev–Trinajstić information content (AvgIpc) is 3.37. The Morgan fingerprint density at radius 3 is 2.65 bits per heavy atom. The van der Waals surface area contributed by atoms with Crippen molar-refractivity contribution in [3.63, 3.8) is 0 Å². The summed E-state index contributed by atoms with van der Waals surface area (Å²) in [4.78, 5) is 23.1. The molecule has 10 heteroatoms. The molecule has 2 aromatic heterocycles. The molecule has 0 saturated carbocycles. The van der Waals surface area contributed by atoms with Gasteiger partial charge in [-0.25, -0.2) is 4.98 Å². The lowest BCUT2D eigenvalue weighted by Crippen LogP contribution is -2.27. The smallest absolute Gasteiger partial charge is 0.230 e. The largest absolute Gasteiger partial charge is 0.493 e. The van der Waals surface area contributed by atoms with Crippen molar-refractivity contribution in [2.75, 3.05) is 44.5 Å². The molecule has 1 aromatic carbocycles. The summed E-state index contributed by atoms with van der Waals surface area (Å²) in [5.74, 6) is 3.35. The molecule has 1 aliphatic heterocycles. The highest BCUT2D eigenvalue weighted by atomic mass is 16.5. The first kappa shape index (κ1) is 20.7. The van der Waals surface area contributed by atoms with Crippen LogP contribution in [0.5, 0.6) is 11.5 Å². The molecule has 3 heterocycles. The van der Waals surface area contributed by atoms with Gasteiger partial charge in [-0.2, -0.15) is 10.1 Å². The van der Waals surface area contributed by atoms with E-state index in [9.17, 15) is 4.79 Å². The van der Waals surface area contributed by atoms with E-state index >= 15 is 0 Å². The minimum Gasteiger partial charge on any atom is -0.493 e. The number of hydrogen-bond acceptors (Lipinski definition) is 8. The number of fused-ring (bicyclic) bond motifs is 1. The normalized spacial score (nSPS) is 13.6. The highest BCUT2D eigenvalue weighted by Crippen LogP contribution is 2.34. The van der Waals surface area contributed by atoms with Crippen LogP contribution in [0.1, 0.15) is 19.3 Å². The number of methoxy groups -OCH3 is 2. The quantitative estimate of drug-likeness (QED) is 0.504. The second kappa shape index (κ2) is 9.07. The molecule has 0 spiro atoms. The molecule has 2 N–H and O–H groups in total. The lowest BCUT2D eigenvalue weighted by atomic mass is 10.2. The van der Waals surface area contributed by atoms with Crippen LogP contribution in [-0.2, 0) is 11.8 Å². The number of likely N-dealkylation sites (tertiary alicyclic amines) is 1. The third-order valence-electron chi connectivity index (χ3n) is 5.33. The van der Waals surface area contributed by atoms with E-state index in [0.29, 0.717) is 36.2 Å². The van der Waals surface area contributed by atoms with Crippen LogP contribution in [-0.4, -0.2) is 64.4 Å². The number of aromatic nitrogens is 4. The number of carbonyl (C=O) groups is 1. The van der Waals surface area contributed by atoms with Gasteiger partial charge in [0, 0.05) is 50.6 Å². The van der Waals surface area contributed by atoms with Gasteiger partial charge in [0.2, 0.25) is 11.9 Å². The number of aryl methyl sites for hydroxylation is 1. The molecule has 164 valence electrons. The summed E-state index contributed by atoms with van der Waals surface area (Å²) < 4.78 is 12.6. The molecule has 0 bridgehead atoms. The highest BCUT2D eigenvalue weighted by Gasteiger charge is 2.19. The Morgan fingerprint density at radius 1 is 1.16 bits per heavy atom. The van der Waals surface area contributed by atoms with E-state index in [1.54, 1.807) is 25.1 Å². The van der Waals surface area contributed by atoms with Gasteiger partial charge in [0.05, 0.1) is 25.9 Å². The Kier molecular flexibility index (Phi) is 6.06. The van der Waals surface area contributed by atoms with Crippen LogP contribution >= 0.6 is 0 Å². The zero-order valence-electron chi connectivity index (χ0n) is 18.0. The number of ether oxygens (including phenoxy) is 2. The first-order valence-electron chi connectivity index (χ1n) is 10.3. The number of hydrogen-bond donors (Lipinski definition) is 2. The average molecular weight is 425 g/mol. The highest BCUT2D eigenvalue weighted by molar-refractivity contribution is 5.93. The molecular formula is C21H27N7O3. The van der Waals surface area contributed by atoms with Gasteiger partial charge in [-0.05, 0) is 18.9 Å². The standard InChI is InChI=1S/C21H27N7O3/c1-27-18(7-9-23-27)25-21-24-15-13-17(31-3)16(30-2)12-14(15)20(26-21)22-8-5-11-28-10-4-6-19(28)29/h7,9,12-13H,4-6,8,10-11H2,1-3H3,(H2,22,24,25,26). The van der Waals surface area contributed by atoms with Crippen molar-refractivity contribution in [2.45, 2.75) is 19.3 Å². The van der Waals surface area contributed by atoms with E-state index in [1.165, 1.54) is 0 Å². The maximum absolute atomic E-state index is 11.8. The van der Waals surface area contributed by atoms with Crippen LogP contribution in [0.15, 0.2) is 24.4 Å². The van der Waals surface area contributed by atoms with Crippen molar-refractivity contribution >= 4 is 34.4 Å². The molecule has 0 radical (unpaired) electrons. The van der Waals surface area contributed by atoms with E-state index in [2.05, 4.69) is 25.7 Å². The first-order valence-corrected chi connectivity index (χ1v) is 10.3. The molecule has 0 unspecified atom stereocenters. The number of anilines is 3. The van der Waals surface area contributed by atoms with Gasteiger partial charge in [0.25, 0.3) is 0 Å². The number of amides is 1. The lowest BCUT2D eigenvalue weighted by Gasteiger charge is -2.17. The topological polar surface area (TPSA) is 106 Å². The zero-order valence-corrected chi connectivity index (χ0v) is 18.0. The number of carbonyl (C=O) groups excluding carboxylic acids is 1. The van der Waals surface area contributed by atoms with Crippen molar-refractivity contribution < 1.29 is 14.3 Å². The van der Waals surface area contributed by atoms with Gasteiger partial charge < -0.3 is 25.0 Å². The Balaban J connectivity index is 1.59. The third kappa shape index (κ3) is 4.47. The van der Waals surface area contributed by atoms with E-state index in [1.807, 2.05) is 30.1 Å². The molecular weight excluding hydrogens is 398 g/mol. The Bertz CT molecular complexity index is 1080. The van der Waals surface area contributed by atoms with Crippen molar-refractivity contribution in [2.24, 2.45) is 7.05 Å². The number of nitrogens with one attached hydrogen (secondary N) is 2. The number of benzene rings is 1. The Morgan fingerprint density at radius 2 is 1.97 bits per heavy atom. The number of rotatable bonds is 9. The fourth-order valence-electron chi connectivity index (χ4n) is 3.67. The second-order valence-electron chi connectivity index (χ2n) is 7.35. The van der Waals surface area contributed by atoms with E-state index in [4.69, 9.17) is 9.47 Å². The van der Waals surface area contributed by atoms with Crippen LogP contribution < -0.4 is 20.1 Å². The van der Waals surface area contributed by atoms with Gasteiger partial charge in [-0.1, -0.05) is 0 Å². The predicted octanol–water partition coefficient (Wildman–Crippen LogP) is 2.55. The van der Waals surface area contributed by atoms with Gasteiger partial charge in [0.1, 0.15) is 11.6 Å². The van der Waals surface area contributed by atoms with Gasteiger partial charge >= 0.3 is 0 Å². The maximum atomic E-state index is 11.8. The van der Waals surface area contributed by atoms with Crippen LogP contribution in [0.4, 0.5) is 17.6 Å². The second-order valence-corrected chi connectivity index (χ2v) is 7.35. The van der Waals surface area contributed by atoms with Gasteiger partial charge in [0.15, 0.2) is 11.5 Å². The summed E-state index contributed by atoms with van der Waals surface area (Å²) >= 11 is 0. The summed E-state index contributed by atoms with van der Waals surface area (Å²) in [7, 11) is 5.04. The fourth-order valence-corrected chi connectivity index (χ4v) is 3.67. The van der Waals surface area contributed by atoms with Crippen molar-refractivity contribution in [3.05, 3.63) is 24.4 Å². The summed E-state index contributed by atoms with van der Waals surface area (Å²) in [5.41, 5.74) is 0.717. The maximum Gasteiger partial charge on any atom is 0.230 e. The summed E-state index contributed by atoms with van der Waals surface area (Å²) in [5, 5.41) is 11.6. The lowest BCUT2D eigenvalue weighted by molar-refractivity contribution is -0.127. The summed E-state index contributed by atoms with van der Waals surface area (Å²) in [6, 6.07) is 5.55. The summed E-state index contributed by atoms with van der Waals surface area (Å²) in [6.45, 7) is 2.27. The van der Waals surface area contributed by atoms with Crippen LogP contribution in [0.25, 0.3) is 10.9 Å². The SMILES string of the molecule is COc1cc2nc(Nc3ccnn3C)nc(NCCCN3CCCC3=O)c2cc1OC. The molecule has 3 aromatic rings. The monoisotopic (exact) mass is 425 g/mol. The van der Waals surface area contributed by atoms with E-state index in [-0.39, 0.29) is 5.91 Å². The molecule has 31 heavy (non-hydrogen) atoms. The molecule has 0 atom stereocenters. The van der Waals surface area contributed by atoms with Crippen molar-refractivity contribution in [1.29, 1.82) is 0 Å². The molecule has 4 rings (SSSR count). The van der Waals surface area contributed by atoms with Gasteiger partial charge in [-0.15, -0.1) is 0 Å². The fraction of sp³-hybridized carbons (Fsp3) is 0.429. The van der Waals surface area contributed by atoms with Crippen LogP contribution in [0, 0.1) is 0 Å². The number of nitrogens with zero attached hydrogens (tertiary/aromatic N) is 5. The molecule has 1 amide bonds.